The van der Waals surface area contributed by atoms with Gasteiger partial charge >= 0.3 is 5.97 Å². The highest BCUT2D eigenvalue weighted by Gasteiger charge is 2.11. The number of ether oxygens (including phenoxy) is 1. The summed E-state index contributed by atoms with van der Waals surface area (Å²) in [5.41, 5.74) is 0. The minimum absolute atomic E-state index is 0.0167. The molecule has 1 aromatic heterocycles. The van der Waals surface area contributed by atoms with Crippen LogP contribution in [0.3, 0.4) is 0 Å². The van der Waals surface area contributed by atoms with E-state index >= 15 is 0 Å². The lowest BCUT2D eigenvalue weighted by atomic mass is 9.92. The average molecular weight is 548 g/mol. The molecule has 0 aliphatic carbocycles. The van der Waals surface area contributed by atoms with Crippen LogP contribution in [0.15, 0.2) is 18.7 Å². The summed E-state index contributed by atoms with van der Waals surface area (Å²) in [7, 11) is 0. The molecule has 0 aliphatic rings. The van der Waals surface area contributed by atoms with E-state index in [0.717, 1.165) is 31.7 Å². The Morgan fingerprint density at radius 1 is 0.718 bits per heavy atom. The molecule has 0 spiro atoms. The number of carbonyl (C=O) groups is 1. The lowest BCUT2D eigenvalue weighted by Crippen LogP contribution is -2.28. The largest absolute Gasteiger partial charge is 0.466 e. The second kappa shape index (κ2) is 26.8. The molecule has 5 nitrogen and oxygen atoms in total. The lowest BCUT2D eigenvalue weighted by molar-refractivity contribution is -0.144. The maximum absolute atomic E-state index is 12.2. The first kappa shape index (κ1) is 35.7. The molecule has 0 amide bonds. The summed E-state index contributed by atoms with van der Waals surface area (Å²) in [6, 6.07) is 0. The number of nitrogens with zero attached hydrogens (tertiary/aromatic N) is 3. The van der Waals surface area contributed by atoms with E-state index in [1.54, 1.807) is 0 Å². The summed E-state index contributed by atoms with van der Waals surface area (Å²) >= 11 is 0. The van der Waals surface area contributed by atoms with Gasteiger partial charge in [-0.05, 0) is 57.7 Å². The van der Waals surface area contributed by atoms with Crippen molar-refractivity contribution in [2.24, 2.45) is 5.92 Å². The summed E-state index contributed by atoms with van der Waals surface area (Å²) in [6.07, 6.45) is 31.8. The smallest absolute Gasteiger partial charge is 0.305 e. The predicted octanol–water partition coefficient (Wildman–Crippen LogP) is 9.60. The molecule has 39 heavy (non-hydrogen) atoms. The predicted molar refractivity (Wildman–Crippen MR) is 167 cm³/mol. The van der Waals surface area contributed by atoms with Crippen molar-refractivity contribution >= 4 is 5.97 Å². The zero-order valence-corrected chi connectivity index (χ0v) is 26.4. The Morgan fingerprint density at radius 3 is 1.90 bits per heavy atom. The Hall–Kier alpha value is -1.36. The van der Waals surface area contributed by atoms with Crippen molar-refractivity contribution in [2.75, 3.05) is 26.2 Å². The van der Waals surface area contributed by atoms with Crippen molar-refractivity contribution in [3.63, 3.8) is 0 Å². The van der Waals surface area contributed by atoms with Crippen LogP contribution in [0.5, 0.6) is 0 Å². The maximum atomic E-state index is 12.2. The fourth-order valence-electron chi connectivity index (χ4n) is 5.52. The Kier molecular flexibility index (Phi) is 24.5. The number of hydrogen-bond acceptors (Lipinski definition) is 4. The zero-order chi connectivity index (χ0) is 28.2. The summed E-state index contributed by atoms with van der Waals surface area (Å²) < 4.78 is 7.80. The van der Waals surface area contributed by atoms with Gasteiger partial charge in [-0.1, -0.05) is 117 Å². The second-order valence-electron chi connectivity index (χ2n) is 11.8. The van der Waals surface area contributed by atoms with Gasteiger partial charge in [-0.2, -0.15) is 0 Å². The molecular weight excluding hydrogens is 482 g/mol. The van der Waals surface area contributed by atoms with Gasteiger partial charge in [0.25, 0.3) is 0 Å². The van der Waals surface area contributed by atoms with Crippen molar-refractivity contribution in [1.82, 2.24) is 14.5 Å². The molecule has 0 saturated carbocycles. The molecule has 1 heterocycles. The number of unbranched alkanes of at least 4 members (excludes halogenated alkanes) is 12. The quantitative estimate of drug-likeness (QED) is 0.0740. The highest BCUT2D eigenvalue weighted by molar-refractivity contribution is 5.69. The first-order valence-corrected chi connectivity index (χ1v) is 17.0. The number of rotatable bonds is 29. The number of esters is 1. The van der Waals surface area contributed by atoms with Crippen LogP contribution in [0.2, 0.25) is 0 Å². The van der Waals surface area contributed by atoms with Crippen LogP contribution in [-0.4, -0.2) is 46.7 Å². The van der Waals surface area contributed by atoms with Gasteiger partial charge in [0.15, 0.2) is 0 Å². The minimum atomic E-state index is 0.0167. The van der Waals surface area contributed by atoms with Gasteiger partial charge in [0.1, 0.15) is 0 Å². The topological polar surface area (TPSA) is 47.4 Å². The van der Waals surface area contributed by atoms with Gasteiger partial charge < -0.3 is 14.2 Å². The first-order valence-electron chi connectivity index (χ1n) is 17.0. The number of aromatic nitrogens is 2. The van der Waals surface area contributed by atoms with Crippen molar-refractivity contribution in [2.45, 2.75) is 162 Å². The highest BCUT2D eigenvalue weighted by Crippen LogP contribution is 2.21. The van der Waals surface area contributed by atoms with Gasteiger partial charge in [-0.25, -0.2) is 4.98 Å². The van der Waals surface area contributed by atoms with Gasteiger partial charge in [-0.3, -0.25) is 4.79 Å². The molecule has 1 aromatic rings. The van der Waals surface area contributed by atoms with Gasteiger partial charge in [0, 0.05) is 25.4 Å². The fraction of sp³-hybridized carbons (Fsp3) is 0.882. The van der Waals surface area contributed by atoms with E-state index < -0.39 is 0 Å². The maximum Gasteiger partial charge on any atom is 0.305 e. The van der Waals surface area contributed by atoms with Crippen molar-refractivity contribution in [3.8, 4) is 0 Å². The lowest BCUT2D eigenvalue weighted by Gasteiger charge is -2.22. The van der Waals surface area contributed by atoms with Crippen LogP contribution < -0.4 is 0 Å². The Morgan fingerprint density at radius 2 is 1.28 bits per heavy atom. The molecule has 0 aliphatic heterocycles. The normalized spacial score (nSPS) is 11.6. The fourth-order valence-corrected chi connectivity index (χ4v) is 5.52. The van der Waals surface area contributed by atoms with Crippen LogP contribution in [0.4, 0.5) is 0 Å². The molecule has 0 saturated heterocycles. The van der Waals surface area contributed by atoms with Crippen LogP contribution >= 0.6 is 0 Å². The summed E-state index contributed by atoms with van der Waals surface area (Å²) in [5, 5.41) is 0. The Bertz CT molecular complexity index is 624. The molecule has 0 bridgehead atoms. The van der Waals surface area contributed by atoms with Crippen molar-refractivity contribution < 1.29 is 9.53 Å². The third-order valence-corrected chi connectivity index (χ3v) is 8.10. The minimum Gasteiger partial charge on any atom is -0.466 e. The number of imidazole rings is 1. The molecule has 5 heteroatoms. The molecule has 0 aromatic carbocycles. The molecule has 0 atom stereocenters. The monoisotopic (exact) mass is 548 g/mol. The summed E-state index contributed by atoms with van der Waals surface area (Å²) in [4.78, 5) is 19.1. The Balaban J connectivity index is 2.13. The molecular formula is C34H65N3O2. The number of hydrogen-bond donors (Lipinski definition) is 0. The third-order valence-electron chi connectivity index (χ3n) is 8.10. The van der Waals surface area contributed by atoms with Gasteiger partial charge in [-0.15, -0.1) is 0 Å². The first-order chi connectivity index (χ1) is 19.2. The molecule has 0 N–H and O–H groups in total. The SMILES string of the molecule is CCCCCCCN(CCCCCCCC(=O)OCCC(CCCCC)CCCCC)CCCn1ccnc1. The third kappa shape index (κ3) is 22.1. The molecule has 1 rings (SSSR count). The summed E-state index contributed by atoms with van der Waals surface area (Å²) in [5.74, 6) is 0.751. The number of carbonyl (C=O) groups excluding carboxylic acids is 1. The van der Waals surface area contributed by atoms with Crippen LogP contribution in [0, 0.1) is 5.92 Å². The van der Waals surface area contributed by atoms with E-state index in [-0.39, 0.29) is 5.97 Å². The zero-order valence-electron chi connectivity index (χ0n) is 26.4. The van der Waals surface area contributed by atoms with E-state index in [1.807, 2.05) is 12.5 Å². The second-order valence-corrected chi connectivity index (χ2v) is 11.8. The van der Waals surface area contributed by atoms with Gasteiger partial charge in [0.05, 0.1) is 12.9 Å². The van der Waals surface area contributed by atoms with E-state index in [4.69, 9.17) is 4.74 Å². The molecule has 0 unspecified atom stereocenters. The van der Waals surface area contributed by atoms with E-state index in [9.17, 15) is 4.79 Å². The average Bonchev–Trinajstić information content (AvgIpc) is 3.45. The Labute approximate surface area is 242 Å². The highest BCUT2D eigenvalue weighted by atomic mass is 16.5. The van der Waals surface area contributed by atoms with Crippen molar-refractivity contribution in [3.05, 3.63) is 18.7 Å². The molecule has 228 valence electrons. The van der Waals surface area contributed by atoms with Crippen LogP contribution in [0.25, 0.3) is 0 Å². The summed E-state index contributed by atoms with van der Waals surface area (Å²) in [6.45, 7) is 12.1. The van der Waals surface area contributed by atoms with E-state index in [2.05, 4.69) is 41.4 Å². The van der Waals surface area contributed by atoms with Crippen LogP contribution in [-0.2, 0) is 16.1 Å². The molecule has 0 radical (unpaired) electrons. The molecule has 0 fully saturated rings. The van der Waals surface area contributed by atoms with E-state index in [1.165, 1.54) is 129 Å². The van der Waals surface area contributed by atoms with E-state index in [0.29, 0.717) is 13.0 Å². The van der Waals surface area contributed by atoms with Crippen LogP contribution in [0.1, 0.15) is 156 Å². The van der Waals surface area contributed by atoms with Crippen molar-refractivity contribution in [1.29, 1.82) is 0 Å². The van der Waals surface area contributed by atoms with Gasteiger partial charge in [0.2, 0.25) is 0 Å². The number of aryl methyl sites for hydroxylation is 1. The standard InChI is InChI=1S/C34H65N3O2/c1-4-7-10-13-18-26-36(28-20-29-37-30-25-35-32-37)27-19-14-11-12-17-23-34(38)39-31-24-33(21-15-8-5-2)22-16-9-6-3/h25,30,32-33H,4-24,26-29,31H2,1-3H3.